The zero-order chi connectivity index (χ0) is 11.0. The number of carboxylic acids is 1. The van der Waals surface area contributed by atoms with Crippen molar-refractivity contribution in [2.24, 2.45) is 5.92 Å². The van der Waals surface area contributed by atoms with E-state index in [9.17, 15) is 4.79 Å². The van der Waals surface area contributed by atoms with Gasteiger partial charge in [0, 0.05) is 5.57 Å². The van der Waals surface area contributed by atoms with Gasteiger partial charge in [0.05, 0.1) is 0 Å². The molecule has 1 unspecified atom stereocenters. The standard InChI is InChI=1S/C12H22O2/c1-4-5-7-10(2)8-6-9-11(3)12(13)14/h10H,3-9H2,1-2H3,(H,13,14). The molecule has 0 amide bonds. The molecule has 0 aromatic heterocycles. The Balaban J connectivity index is 3.44. The molecule has 0 rings (SSSR count). The van der Waals surface area contributed by atoms with E-state index in [0.29, 0.717) is 12.0 Å². The summed E-state index contributed by atoms with van der Waals surface area (Å²) in [6, 6.07) is 0. The fraction of sp³-hybridized carbons (Fsp3) is 0.750. The minimum absolute atomic E-state index is 0.340. The monoisotopic (exact) mass is 198 g/mol. The molecule has 0 heterocycles. The maximum absolute atomic E-state index is 10.4. The summed E-state index contributed by atoms with van der Waals surface area (Å²) in [5.74, 6) is -0.136. The first-order valence-electron chi connectivity index (χ1n) is 5.49. The van der Waals surface area contributed by atoms with Crippen LogP contribution in [-0.4, -0.2) is 11.1 Å². The van der Waals surface area contributed by atoms with Crippen molar-refractivity contribution in [1.29, 1.82) is 0 Å². The number of aliphatic carboxylic acids is 1. The number of carboxylic acid groups (broad SMARTS) is 1. The SMILES string of the molecule is C=C(CCCC(C)CCCC)C(=O)O. The van der Waals surface area contributed by atoms with Crippen molar-refractivity contribution in [3.05, 3.63) is 12.2 Å². The van der Waals surface area contributed by atoms with E-state index in [0.717, 1.165) is 18.8 Å². The summed E-state index contributed by atoms with van der Waals surface area (Å²) in [7, 11) is 0. The molecule has 82 valence electrons. The Labute approximate surface area is 87.0 Å². The zero-order valence-electron chi connectivity index (χ0n) is 9.38. The van der Waals surface area contributed by atoms with Crippen LogP contribution in [0.4, 0.5) is 0 Å². The third-order valence-electron chi connectivity index (χ3n) is 2.53. The molecule has 1 N–H and O–H groups in total. The number of hydrogen-bond acceptors (Lipinski definition) is 1. The van der Waals surface area contributed by atoms with Crippen molar-refractivity contribution >= 4 is 5.97 Å². The lowest BCUT2D eigenvalue weighted by molar-refractivity contribution is -0.132. The first-order valence-corrected chi connectivity index (χ1v) is 5.49. The minimum Gasteiger partial charge on any atom is -0.478 e. The van der Waals surface area contributed by atoms with E-state index >= 15 is 0 Å². The summed E-state index contributed by atoms with van der Waals surface area (Å²) in [6.07, 6.45) is 6.48. The largest absolute Gasteiger partial charge is 0.478 e. The van der Waals surface area contributed by atoms with Crippen LogP contribution in [0.2, 0.25) is 0 Å². The number of unbranched alkanes of at least 4 members (excludes halogenated alkanes) is 1. The van der Waals surface area contributed by atoms with Crippen LogP contribution in [0.3, 0.4) is 0 Å². The van der Waals surface area contributed by atoms with Gasteiger partial charge < -0.3 is 5.11 Å². The Hall–Kier alpha value is -0.790. The fourth-order valence-corrected chi connectivity index (χ4v) is 1.47. The predicted molar refractivity (Wildman–Crippen MR) is 59.3 cm³/mol. The third kappa shape index (κ3) is 6.70. The van der Waals surface area contributed by atoms with Gasteiger partial charge in [0.1, 0.15) is 0 Å². The molecule has 0 fully saturated rings. The van der Waals surface area contributed by atoms with E-state index in [4.69, 9.17) is 5.11 Å². The van der Waals surface area contributed by atoms with Gasteiger partial charge in [-0.05, 0) is 18.8 Å². The second-order valence-electron chi connectivity index (χ2n) is 4.05. The number of hydrogen-bond donors (Lipinski definition) is 1. The van der Waals surface area contributed by atoms with Crippen LogP contribution in [0.15, 0.2) is 12.2 Å². The summed E-state index contributed by atoms with van der Waals surface area (Å²) in [6.45, 7) is 7.94. The Bertz CT molecular complexity index is 185. The molecule has 0 aliphatic heterocycles. The van der Waals surface area contributed by atoms with Crippen molar-refractivity contribution in [2.75, 3.05) is 0 Å². The molecule has 0 bridgehead atoms. The highest BCUT2D eigenvalue weighted by Gasteiger charge is 2.05. The Morgan fingerprint density at radius 2 is 1.93 bits per heavy atom. The lowest BCUT2D eigenvalue weighted by Crippen LogP contribution is -2.00. The molecule has 0 spiro atoms. The molecular weight excluding hydrogens is 176 g/mol. The molecule has 2 nitrogen and oxygen atoms in total. The van der Waals surface area contributed by atoms with Gasteiger partial charge in [-0.2, -0.15) is 0 Å². The summed E-state index contributed by atoms with van der Waals surface area (Å²) in [4.78, 5) is 10.4. The van der Waals surface area contributed by atoms with E-state index in [2.05, 4.69) is 20.4 Å². The van der Waals surface area contributed by atoms with Crippen LogP contribution in [0.5, 0.6) is 0 Å². The third-order valence-corrected chi connectivity index (χ3v) is 2.53. The van der Waals surface area contributed by atoms with Gasteiger partial charge in [0.25, 0.3) is 0 Å². The second kappa shape index (κ2) is 7.60. The van der Waals surface area contributed by atoms with E-state index < -0.39 is 5.97 Å². The van der Waals surface area contributed by atoms with Crippen molar-refractivity contribution in [3.63, 3.8) is 0 Å². The first-order chi connectivity index (χ1) is 6.57. The van der Waals surface area contributed by atoms with Crippen molar-refractivity contribution in [1.82, 2.24) is 0 Å². The summed E-state index contributed by atoms with van der Waals surface area (Å²) in [5, 5.41) is 8.59. The molecule has 0 aromatic rings. The van der Waals surface area contributed by atoms with Gasteiger partial charge in [0.2, 0.25) is 0 Å². The summed E-state index contributed by atoms with van der Waals surface area (Å²) in [5.41, 5.74) is 0.340. The minimum atomic E-state index is -0.855. The first kappa shape index (κ1) is 13.2. The van der Waals surface area contributed by atoms with Gasteiger partial charge in [-0.25, -0.2) is 4.79 Å². The quantitative estimate of drug-likeness (QED) is 0.605. The summed E-state index contributed by atoms with van der Waals surface area (Å²) < 4.78 is 0. The van der Waals surface area contributed by atoms with E-state index in [1.165, 1.54) is 19.3 Å². The maximum atomic E-state index is 10.4. The molecular formula is C12H22O2. The highest BCUT2D eigenvalue weighted by atomic mass is 16.4. The van der Waals surface area contributed by atoms with Crippen LogP contribution in [0.25, 0.3) is 0 Å². The van der Waals surface area contributed by atoms with E-state index in [-0.39, 0.29) is 0 Å². The lowest BCUT2D eigenvalue weighted by atomic mass is 9.97. The van der Waals surface area contributed by atoms with Gasteiger partial charge >= 0.3 is 5.97 Å². The number of rotatable bonds is 8. The highest BCUT2D eigenvalue weighted by Crippen LogP contribution is 2.16. The normalized spacial score (nSPS) is 12.4. The summed E-state index contributed by atoms with van der Waals surface area (Å²) >= 11 is 0. The topological polar surface area (TPSA) is 37.3 Å². The Kier molecular flexibility index (Phi) is 7.17. The maximum Gasteiger partial charge on any atom is 0.330 e. The average Bonchev–Trinajstić information content (AvgIpc) is 2.14. The molecule has 0 saturated heterocycles. The molecule has 1 atom stereocenters. The van der Waals surface area contributed by atoms with E-state index in [1.54, 1.807) is 0 Å². The smallest absolute Gasteiger partial charge is 0.330 e. The zero-order valence-corrected chi connectivity index (χ0v) is 9.38. The van der Waals surface area contributed by atoms with Crippen LogP contribution >= 0.6 is 0 Å². The van der Waals surface area contributed by atoms with Gasteiger partial charge in [-0.1, -0.05) is 46.1 Å². The Morgan fingerprint density at radius 3 is 2.43 bits per heavy atom. The highest BCUT2D eigenvalue weighted by molar-refractivity contribution is 5.85. The fourth-order valence-electron chi connectivity index (χ4n) is 1.47. The molecule has 0 radical (unpaired) electrons. The molecule has 2 heteroatoms. The average molecular weight is 198 g/mol. The number of carbonyl (C=O) groups is 1. The van der Waals surface area contributed by atoms with Crippen molar-refractivity contribution in [3.8, 4) is 0 Å². The van der Waals surface area contributed by atoms with Gasteiger partial charge in [0.15, 0.2) is 0 Å². The molecule has 0 aromatic carbocycles. The van der Waals surface area contributed by atoms with Crippen molar-refractivity contribution in [2.45, 2.75) is 52.4 Å². The lowest BCUT2D eigenvalue weighted by Gasteiger charge is -2.09. The van der Waals surface area contributed by atoms with Crippen LogP contribution in [-0.2, 0) is 4.79 Å². The van der Waals surface area contributed by atoms with Gasteiger partial charge in [-0.3, -0.25) is 0 Å². The van der Waals surface area contributed by atoms with E-state index in [1.807, 2.05) is 0 Å². The molecule has 0 aliphatic carbocycles. The Morgan fingerprint density at radius 1 is 1.36 bits per heavy atom. The molecule has 0 saturated carbocycles. The second-order valence-corrected chi connectivity index (χ2v) is 4.05. The van der Waals surface area contributed by atoms with Crippen molar-refractivity contribution < 1.29 is 9.90 Å². The van der Waals surface area contributed by atoms with Crippen LogP contribution in [0.1, 0.15) is 52.4 Å². The van der Waals surface area contributed by atoms with Crippen LogP contribution in [0, 0.1) is 5.92 Å². The molecule has 0 aliphatic rings. The van der Waals surface area contributed by atoms with Crippen LogP contribution < -0.4 is 0 Å². The molecule has 14 heavy (non-hydrogen) atoms. The predicted octanol–water partition coefficient (Wildman–Crippen LogP) is 3.62. The van der Waals surface area contributed by atoms with Gasteiger partial charge in [-0.15, -0.1) is 0 Å².